The van der Waals surface area contributed by atoms with Crippen molar-refractivity contribution in [3.8, 4) is 0 Å². The van der Waals surface area contributed by atoms with Crippen LogP contribution >= 0.6 is 0 Å². The molecule has 27 heavy (non-hydrogen) atoms. The first-order valence-corrected chi connectivity index (χ1v) is 9.46. The lowest BCUT2D eigenvalue weighted by Crippen LogP contribution is -2.14. The summed E-state index contributed by atoms with van der Waals surface area (Å²) in [6.07, 6.45) is 0. The highest BCUT2D eigenvalue weighted by Gasteiger charge is 2.07. The third-order valence-corrected chi connectivity index (χ3v) is 5.19. The van der Waals surface area contributed by atoms with Gasteiger partial charge in [0.15, 0.2) is 0 Å². The second-order valence-corrected chi connectivity index (χ2v) is 7.10. The fourth-order valence-corrected chi connectivity index (χ4v) is 3.57. The molecule has 2 N–H and O–H groups in total. The SMILES string of the molecule is Cc1cc(NCCNc2cccc(C)c2C)c2ccc3ccccc3c2n1. The van der Waals surface area contributed by atoms with Crippen LogP contribution in [0.2, 0.25) is 0 Å². The molecule has 3 aromatic carbocycles. The molecule has 4 rings (SSSR count). The van der Waals surface area contributed by atoms with Gasteiger partial charge in [-0.15, -0.1) is 0 Å². The van der Waals surface area contributed by atoms with Crippen molar-refractivity contribution in [1.82, 2.24) is 4.98 Å². The Morgan fingerprint density at radius 3 is 2.37 bits per heavy atom. The van der Waals surface area contributed by atoms with Crippen LogP contribution < -0.4 is 10.6 Å². The Morgan fingerprint density at radius 2 is 1.52 bits per heavy atom. The van der Waals surface area contributed by atoms with Gasteiger partial charge in [-0.05, 0) is 49.4 Å². The smallest absolute Gasteiger partial charge is 0.0804 e. The topological polar surface area (TPSA) is 37.0 Å². The van der Waals surface area contributed by atoms with Gasteiger partial charge in [-0.3, -0.25) is 4.98 Å². The second-order valence-electron chi connectivity index (χ2n) is 7.10. The zero-order chi connectivity index (χ0) is 18.8. The lowest BCUT2D eigenvalue weighted by atomic mass is 10.0. The van der Waals surface area contributed by atoms with Gasteiger partial charge in [0.25, 0.3) is 0 Å². The van der Waals surface area contributed by atoms with E-state index in [2.05, 4.69) is 92.1 Å². The molecular formula is C24H25N3. The Bertz CT molecular complexity index is 1120. The van der Waals surface area contributed by atoms with E-state index in [4.69, 9.17) is 4.98 Å². The van der Waals surface area contributed by atoms with Gasteiger partial charge in [0.2, 0.25) is 0 Å². The van der Waals surface area contributed by atoms with Crippen molar-refractivity contribution in [3.05, 3.63) is 77.5 Å². The van der Waals surface area contributed by atoms with Gasteiger partial charge in [-0.2, -0.15) is 0 Å². The zero-order valence-corrected chi connectivity index (χ0v) is 16.1. The van der Waals surface area contributed by atoms with E-state index in [-0.39, 0.29) is 0 Å². The van der Waals surface area contributed by atoms with Crippen LogP contribution in [0, 0.1) is 20.8 Å². The third kappa shape index (κ3) is 3.45. The molecule has 0 fully saturated rings. The molecule has 0 spiro atoms. The average molecular weight is 355 g/mol. The summed E-state index contributed by atoms with van der Waals surface area (Å²) in [6.45, 7) is 8.07. The van der Waals surface area contributed by atoms with Gasteiger partial charge in [0.05, 0.1) is 5.52 Å². The van der Waals surface area contributed by atoms with E-state index in [0.29, 0.717) is 0 Å². The van der Waals surface area contributed by atoms with Gasteiger partial charge in [0.1, 0.15) is 0 Å². The maximum Gasteiger partial charge on any atom is 0.0804 e. The predicted molar refractivity (Wildman–Crippen MR) is 117 cm³/mol. The molecule has 0 amide bonds. The van der Waals surface area contributed by atoms with E-state index in [0.717, 1.165) is 30.0 Å². The molecule has 1 heterocycles. The minimum absolute atomic E-state index is 0.846. The number of anilines is 2. The monoisotopic (exact) mass is 355 g/mol. The highest BCUT2D eigenvalue weighted by molar-refractivity contribution is 6.09. The maximum atomic E-state index is 4.81. The van der Waals surface area contributed by atoms with Crippen LogP contribution in [0.4, 0.5) is 11.4 Å². The molecule has 0 saturated heterocycles. The van der Waals surface area contributed by atoms with Crippen molar-refractivity contribution in [2.75, 3.05) is 23.7 Å². The molecule has 0 aliphatic rings. The molecule has 0 unspecified atom stereocenters. The van der Waals surface area contributed by atoms with E-state index in [1.165, 1.54) is 33.0 Å². The first kappa shape index (κ1) is 17.3. The van der Waals surface area contributed by atoms with Crippen LogP contribution in [0.25, 0.3) is 21.7 Å². The summed E-state index contributed by atoms with van der Waals surface area (Å²) in [4.78, 5) is 4.81. The van der Waals surface area contributed by atoms with Crippen LogP contribution in [-0.2, 0) is 0 Å². The van der Waals surface area contributed by atoms with Crippen molar-refractivity contribution in [2.45, 2.75) is 20.8 Å². The molecular weight excluding hydrogens is 330 g/mol. The quantitative estimate of drug-likeness (QED) is 0.349. The van der Waals surface area contributed by atoms with E-state index in [9.17, 15) is 0 Å². The van der Waals surface area contributed by atoms with Crippen LogP contribution in [0.5, 0.6) is 0 Å². The van der Waals surface area contributed by atoms with Crippen molar-refractivity contribution in [3.63, 3.8) is 0 Å². The zero-order valence-electron chi connectivity index (χ0n) is 16.1. The summed E-state index contributed by atoms with van der Waals surface area (Å²) in [5, 5.41) is 10.7. The predicted octanol–water partition coefficient (Wildman–Crippen LogP) is 5.84. The summed E-state index contributed by atoms with van der Waals surface area (Å²) in [6, 6.07) is 21.3. The number of aromatic nitrogens is 1. The van der Waals surface area contributed by atoms with Crippen LogP contribution in [-0.4, -0.2) is 18.1 Å². The first-order chi connectivity index (χ1) is 13.1. The number of fused-ring (bicyclic) bond motifs is 3. The molecule has 0 aliphatic heterocycles. The van der Waals surface area contributed by atoms with Gasteiger partial charge < -0.3 is 10.6 Å². The van der Waals surface area contributed by atoms with Crippen molar-refractivity contribution < 1.29 is 0 Å². The van der Waals surface area contributed by atoms with Gasteiger partial charge in [-0.1, -0.05) is 48.5 Å². The summed E-state index contributed by atoms with van der Waals surface area (Å²) in [7, 11) is 0. The molecule has 0 atom stereocenters. The number of rotatable bonds is 5. The van der Waals surface area contributed by atoms with Crippen molar-refractivity contribution >= 4 is 33.1 Å². The summed E-state index contributed by atoms with van der Waals surface area (Å²) in [5.41, 5.74) is 7.08. The molecule has 3 heteroatoms. The molecule has 136 valence electrons. The molecule has 4 aromatic rings. The highest BCUT2D eigenvalue weighted by atomic mass is 15.0. The number of nitrogens with one attached hydrogen (secondary N) is 2. The lowest BCUT2D eigenvalue weighted by Gasteiger charge is -2.14. The van der Waals surface area contributed by atoms with Gasteiger partial charge in [0, 0.05) is 40.9 Å². The minimum Gasteiger partial charge on any atom is -0.383 e. The Balaban J connectivity index is 1.55. The fourth-order valence-electron chi connectivity index (χ4n) is 3.57. The molecule has 0 bridgehead atoms. The summed E-state index contributed by atoms with van der Waals surface area (Å²) in [5.74, 6) is 0. The third-order valence-electron chi connectivity index (χ3n) is 5.19. The summed E-state index contributed by atoms with van der Waals surface area (Å²) < 4.78 is 0. The summed E-state index contributed by atoms with van der Waals surface area (Å²) >= 11 is 0. The highest BCUT2D eigenvalue weighted by Crippen LogP contribution is 2.29. The standard InChI is InChI=1S/C24H25N3/c1-16-7-6-10-22(18(16)3)25-13-14-26-23-15-17(2)27-24-20-9-5-4-8-19(20)11-12-21(23)24/h4-12,15,25H,13-14H2,1-3H3,(H,26,27). The van der Waals surface area contributed by atoms with Crippen molar-refractivity contribution in [2.24, 2.45) is 0 Å². The van der Waals surface area contributed by atoms with Crippen molar-refractivity contribution in [1.29, 1.82) is 0 Å². The van der Waals surface area contributed by atoms with Crippen LogP contribution in [0.1, 0.15) is 16.8 Å². The maximum absolute atomic E-state index is 4.81. The number of benzene rings is 3. The molecule has 3 nitrogen and oxygen atoms in total. The number of hydrogen-bond acceptors (Lipinski definition) is 3. The van der Waals surface area contributed by atoms with Gasteiger partial charge in [-0.25, -0.2) is 0 Å². The van der Waals surface area contributed by atoms with E-state index in [1.54, 1.807) is 0 Å². The normalized spacial score (nSPS) is 11.1. The minimum atomic E-state index is 0.846. The number of aryl methyl sites for hydroxylation is 2. The van der Waals surface area contributed by atoms with E-state index >= 15 is 0 Å². The molecule has 0 saturated carbocycles. The Labute approximate surface area is 160 Å². The number of pyridine rings is 1. The largest absolute Gasteiger partial charge is 0.383 e. The average Bonchev–Trinajstić information content (AvgIpc) is 2.68. The number of nitrogens with zero attached hydrogens (tertiary/aromatic N) is 1. The van der Waals surface area contributed by atoms with Crippen LogP contribution in [0.3, 0.4) is 0 Å². The molecule has 1 aromatic heterocycles. The van der Waals surface area contributed by atoms with Gasteiger partial charge >= 0.3 is 0 Å². The Hall–Kier alpha value is -3.07. The Kier molecular flexibility index (Phi) is 4.68. The molecule has 0 aliphatic carbocycles. The number of hydrogen-bond donors (Lipinski definition) is 2. The fraction of sp³-hybridized carbons (Fsp3) is 0.208. The lowest BCUT2D eigenvalue weighted by molar-refractivity contribution is 1.07. The first-order valence-electron chi connectivity index (χ1n) is 9.46. The Morgan fingerprint density at radius 1 is 0.741 bits per heavy atom. The second kappa shape index (κ2) is 7.28. The van der Waals surface area contributed by atoms with E-state index < -0.39 is 0 Å². The van der Waals surface area contributed by atoms with Crippen LogP contribution in [0.15, 0.2) is 60.7 Å². The molecule has 0 radical (unpaired) electrons. The van der Waals surface area contributed by atoms with E-state index in [1.807, 2.05) is 0 Å².